The van der Waals surface area contributed by atoms with Gasteiger partial charge in [-0.25, -0.2) is 0 Å². The van der Waals surface area contributed by atoms with Crippen molar-refractivity contribution in [3.63, 3.8) is 0 Å². The Morgan fingerprint density at radius 2 is 1.93 bits per heavy atom. The molecular weight excluding hydrogens is 194 g/mol. The van der Waals surface area contributed by atoms with Gasteiger partial charge in [-0.15, -0.1) is 0 Å². The Morgan fingerprint density at radius 3 is 2.43 bits per heavy atom. The zero-order chi connectivity index (χ0) is 10.6. The van der Waals surface area contributed by atoms with Crippen molar-refractivity contribution in [2.24, 2.45) is 0 Å². The molecule has 0 aromatic heterocycles. The second kappa shape index (κ2) is 4.63. The summed E-state index contributed by atoms with van der Waals surface area (Å²) in [4.78, 5) is 0. The van der Waals surface area contributed by atoms with E-state index in [2.05, 4.69) is 32.8 Å². The standard InChI is InChI=1S/C12H17ClN/c1-4-10-14(2,3)12(13)11-8-6-5-7-9-11/h4-9,12H,1,10H2,2-3H3/q+1. The highest BCUT2D eigenvalue weighted by Crippen LogP contribution is 2.28. The highest BCUT2D eigenvalue weighted by molar-refractivity contribution is 6.19. The molecule has 0 spiro atoms. The fraction of sp³-hybridized carbons (Fsp3) is 0.333. The number of halogens is 1. The minimum atomic E-state index is -0.0193. The van der Waals surface area contributed by atoms with E-state index in [0.29, 0.717) is 0 Å². The van der Waals surface area contributed by atoms with Crippen LogP contribution in [0.1, 0.15) is 11.1 Å². The Hall–Kier alpha value is -0.790. The minimum absolute atomic E-state index is 0.0193. The number of likely N-dealkylation sites (N-methyl/N-ethyl adjacent to an activating group) is 1. The molecule has 0 aliphatic rings. The lowest BCUT2D eigenvalue weighted by molar-refractivity contribution is -0.902. The van der Waals surface area contributed by atoms with Gasteiger partial charge in [0, 0.05) is 5.56 Å². The summed E-state index contributed by atoms with van der Waals surface area (Å²) in [5.74, 6) is 0. The number of hydrogen-bond donors (Lipinski definition) is 0. The molecule has 0 amide bonds. The molecule has 0 N–H and O–H groups in total. The summed E-state index contributed by atoms with van der Waals surface area (Å²) >= 11 is 6.40. The molecule has 76 valence electrons. The molecule has 2 heteroatoms. The fourth-order valence-corrected chi connectivity index (χ4v) is 1.67. The number of quaternary nitrogens is 1. The van der Waals surface area contributed by atoms with Crippen molar-refractivity contribution in [1.82, 2.24) is 0 Å². The normalized spacial score (nSPS) is 13.6. The van der Waals surface area contributed by atoms with Crippen LogP contribution in [0.4, 0.5) is 0 Å². The molecule has 0 aliphatic carbocycles. The van der Waals surface area contributed by atoms with Crippen LogP contribution in [0.2, 0.25) is 0 Å². The van der Waals surface area contributed by atoms with Gasteiger partial charge in [-0.05, 0) is 6.08 Å². The van der Waals surface area contributed by atoms with Crippen LogP contribution in [-0.2, 0) is 0 Å². The number of alkyl halides is 1. The van der Waals surface area contributed by atoms with Crippen LogP contribution in [-0.4, -0.2) is 25.1 Å². The molecule has 0 fully saturated rings. The van der Waals surface area contributed by atoms with Crippen LogP contribution in [0.25, 0.3) is 0 Å². The summed E-state index contributed by atoms with van der Waals surface area (Å²) in [7, 11) is 4.21. The van der Waals surface area contributed by atoms with Crippen molar-refractivity contribution < 1.29 is 4.48 Å². The van der Waals surface area contributed by atoms with E-state index in [1.807, 2.05) is 24.3 Å². The van der Waals surface area contributed by atoms with Crippen LogP contribution in [0.5, 0.6) is 0 Å². The third-order valence-corrected chi connectivity index (χ3v) is 3.07. The van der Waals surface area contributed by atoms with Gasteiger partial charge >= 0.3 is 0 Å². The van der Waals surface area contributed by atoms with Crippen molar-refractivity contribution in [3.05, 3.63) is 48.6 Å². The van der Waals surface area contributed by atoms with Gasteiger partial charge in [0.2, 0.25) is 0 Å². The Bertz CT molecular complexity index is 292. The summed E-state index contributed by atoms with van der Waals surface area (Å²) in [6.07, 6.45) is 1.90. The van der Waals surface area contributed by atoms with Gasteiger partial charge in [-0.1, -0.05) is 48.5 Å². The molecule has 0 aliphatic heterocycles. The van der Waals surface area contributed by atoms with E-state index >= 15 is 0 Å². The highest BCUT2D eigenvalue weighted by atomic mass is 35.5. The van der Waals surface area contributed by atoms with Gasteiger partial charge in [0.25, 0.3) is 0 Å². The van der Waals surface area contributed by atoms with E-state index in [4.69, 9.17) is 11.6 Å². The molecule has 1 rings (SSSR count). The molecule has 1 aromatic rings. The zero-order valence-corrected chi connectivity index (χ0v) is 9.54. The average molecular weight is 211 g/mol. The molecule has 1 aromatic carbocycles. The maximum Gasteiger partial charge on any atom is 0.190 e. The lowest BCUT2D eigenvalue weighted by Crippen LogP contribution is -2.40. The van der Waals surface area contributed by atoms with Crippen molar-refractivity contribution >= 4 is 11.6 Å². The molecule has 1 unspecified atom stereocenters. The molecular formula is C12H17ClN+. The summed E-state index contributed by atoms with van der Waals surface area (Å²) in [5, 5.41) is 0. The molecule has 0 saturated carbocycles. The second-order valence-corrected chi connectivity index (χ2v) is 4.41. The van der Waals surface area contributed by atoms with Gasteiger partial charge in [0.1, 0.15) is 0 Å². The third kappa shape index (κ3) is 2.60. The first kappa shape index (κ1) is 11.3. The Kier molecular flexibility index (Phi) is 3.73. The maximum atomic E-state index is 6.40. The lowest BCUT2D eigenvalue weighted by Gasteiger charge is -2.33. The molecule has 0 heterocycles. The lowest BCUT2D eigenvalue weighted by atomic mass is 10.2. The fourth-order valence-electron chi connectivity index (χ4n) is 1.44. The molecule has 1 nitrogen and oxygen atoms in total. The van der Waals surface area contributed by atoms with Crippen molar-refractivity contribution in [1.29, 1.82) is 0 Å². The minimum Gasteiger partial charge on any atom is -0.306 e. The Balaban J connectivity index is 2.84. The molecule has 14 heavy (non-hydrogen) atoms. The predicted molar refractivity (Wildman–Crippen MR) is 62.2 cm³/mol. The zero-order valence-electron chi connectivity index (χ0n) is 8.78. The summed E-state index contributed by atoms with van der Waals surface area (Å²) < 4.78 is 0.717. The maximum absolute atomic E-state index is 6.40. The van der Waals surface area contributed by atoms with Gasteiger partial charge in [-0.3, -0.25) is 0 Å². The quantitative estimate of drug-likeness (QED) is 0.310. The van der Waals surface area contributed by atoms with Crippen molar-refractivity contribution in [2.75, 3.05) is 20.6 Å². The number of nitrogens with zero attached hydrogens (tertiary/aromatic N) is 1. The molecule has 1 atom stereocenters. The predicted octanol–water partition coefficient (Wildman–Crippen LogP) is 3.19. The van der Waals surface area contributed by atoms with Crippen molar-refractivity contribution in [2.45, 2.75) is 5.50 Å². The molecule has 0 radical (unpaired) electrons. The Morgan fingerprint density at radius 1 is 1.36 bits per heavy atom. The third-order valence-electron chi connectivity index (χ3n) is 2.29. The summed E-state index contributed by atoms with van der Waals surface area (Å²) in [5.41, 5.74) is 1.13. The number of benzene rings is 1. The first-order valence-electron chi connectivity index (χ1n) is 4.70. The highest BCUT2D eigenvalue weighted by Gasteiger charge is 2.25. The van der Waals surface area contributed by atoms with E-state index in [1.54, 1.807) is 0 Å². The Labute approximate surface area is 91.2 Å². The van der Waals surface area contributed by atoms with Crippen LogP contribution >= 0.6 is 11.6 Å². The van der Waals surface area contributed by atoms with Crippen LogP contribution < -0.4 is 0 Å². The van der Waals surface area contributed by atoms with E-state index in [1.165, 1.54) is 0 Å². The van der Waals surface area contributed by atoms with E-state index in [-0.39, 0.29) is 5.50 Å². The summed E-state index contributed by atoms with van der Waals surface area (Å²) in [6, 6.07) is 10.1. The van der Waals surface area contributed by atoms with E-state index in [0.717, 1.165) is 16.6 Å². The molecule has 0 saturated heterocycles. The van der Waals surface area contributed by atoms with Crippen LogP contribution in [0.15, 0.2) is 43.0 Å². The molecule has 0 bridgehead atoms. The average Bonchev–Trinajstić information content (AvgIpc) is 2.18. The first-order chi connectivity index (χ1) is 6.58. The van der Waals surface area contributed by atoms with E-state index < -0.39 is 0 Å². The first-order valence-corrected chi connectivity index (χ1v) is 5.14. The number of hydrogen-bond acceptors (Lipinski definition) is 0. The second-order valence-electron chi connectivity index (χ2n) is 4.00. The SMILES string of the molecule is C=CC[N+](C)(C)C(Cl)c1ccccc1. The topological polar surface area (TPSA) is 0 Å². The van der Waals surface area contributed by atoms with Crippen LogP contribution in [0.3, 0.4) is 0 Å². The monoisotopic (exact) mass is 210 g/mol. The van der Waals surface area contributed by atoms with E-state index in [9.17, 15) is 0 Å². The largest absolute Gasteiger partial charge is 0.306 e. The van der Waals surface area contributed by atoms with Gasteiger partial charge in [-0.2, -0.15) is 0 Å². The smallest absolute Gasteiger partial charge is 0.190 e. The van der Waals surface area contributed by atoms with Crippen LogP contribution in [0, 0.1) is 0 Å². The summed E-state index contributed by atoms with van der Waals surface area (Å²) in [6.45, 7) is 4.61. The van der Waals surface area contributed by atoms with Gasteiger partial charge in [0.15, 0.2) is 5.50 Å². The van der Waals surface area contributed by atoms with Gasteiger partial charge in [0.05, 0.1) is 20.6 Å². The van der Waals surface area contributed by atoms with Gasteiger partial charge < -0.3 is 4.48 Å². The number of rotatable bonds is 4. The van der Waals surface area contributed by atoms with Crippen molar-refractivity contribution in [3.8, 4) is 0 Å².